The van der Waals surface area contributed by atoms with E-state index in [1.165, 1.54) is 32.9 Å². The molecule has 0 bridgehead atoms. The van der Waals surface area contributed by atoms with E-state index in [-0.39, 0.29) is 26.5 Å². The summed E-state index contributed by atoms with van der Waals surface area (Å²) in [5, 5.41) is 37.4. The van der Waals surface area contributed by atoms with Gasteiger partial charge >= 0.3 is 6.18 Å². The van der Waals surface area contributed by atoms with Crippen LogP contribution in [-0.4, -0.2) is 35.9 Å². The molecule has 0 atom stereocenters. The lowest BCUT2D eigenvalue weighted by Crippen LogP contribution is -2.43. The maximum atomic E-state index is 14.3. The Hall–Kier alpha value is -2.47. The Labute approximate surface area is 178 Å². The summed E-state index contributed by atoms with van der Waals surface area (Å²) >= 11 is 6.01. The lowest BCUT2D eigenvalue weighted by molar-refractivity contribution is -0.270. The van der Waals surface area contributed by atoms with E-state index in [4.69, 9.17) is 16.1 Å². The minimum absolute atomic E-state index is 0.0235. The number of hydrogen-bond donors (Lipinski definition) is 3. The molecule has 2 aromatic heterocycles. The van der Waals surface area contributed by atoms with Crippen LogP contribution >= 0.6 is 11.6 Å². The highest BCUT2D eigenvalue weighted by Gasteiger charge is 2.46. The van der Waals surface area contributed by atoms with E-state index in [0.29, 0.717) is 6.20 Å². The number of alkyl halides is 3. The first kappa shape index (κ1) is 23.2. The molecule has 0 saturated heterocycles. The summed E-state index contributed by atoms with van der Waals surface area (Å²) < 4.78 is 60.9. The third kappa shape index (κ3) is 4.45. The molecule has 31 heavy (non-hydrogen) atoms. The van der Waals surface area contributed by atoms with Gasteiger partial charge in [0.1, 0.15) is 11.5 Å². The first-order valence-corrected chi connectivity index (χ1v) is 9.25. The maximum Gasteiger partial charge on any atom is 0.433 e. The molecule has 12 heteroatoms. The van der Waals surface area contributed by atoms with Gasteiger partial charge in [-0.1, -0.05) is 22.8 Å². The molecular weight excluding hydrogens is 446 g/mol. The predicted molar refractivity (Wildman–Crippen MR) is 101 cm³/mol. The Morgan fingerprint density at radius 3 is 2.35 bits per heavy atom. The van der Waals surface area contributed by atoms with Crippen molar-refractivity contribution in [2.24, 2.45) is 0 Å². The summed E-state index contributed by atoms with van der Waals surface area (Å²) in [5.74, 6) is -4.34. The van der Waals surface area contributed by atoms with E-state index in [2.05, 4.69) is 10.3 Å². The average Bonchev–Trinajstić information content (AvgIpc) is 3.17. The van der Waals surface area contributed by atoms with Gasteiger partial charge in [-0.25, -0.2) is 9.07 Å². The van der Waals surface area contributed by atoms with Gasteiger partial charge in [-0.2, -0.15) is 18.3 Å². The van der Waals surface area contributed by atoms with Crippen LogP contribution in [0, 0.1) is 12.7 Å². The second-order valence-electron chi connectivity index (χ2n) is 7.66. The molecule has 3 aromatic rings. The number of hydrogen-bond acceptors (Lipinski definition) is 6. The summed E-state index contributed by atoms with van der Waals surface area (Å²) in [7, 11) is 0. The molecule has 0 spiro atoms. The summed E-state index contributed by atoms with van der Waals surface area (Å²) in [6.45, 7) is 3.73. The third-order valence-corrected chi connectivity index (χ3v) is 4.73. The highest BCUT2D eigenvalue weighted by Crippen LogP contribution is 2.43. The SMILES string of the molecule is Cc1c(-c2c(F)cccc2Cl)noc1-c1cnn(C(O)(O)CC(C)(C)O)c1C(F)(F)F. The quantitative estimate of drug-likeness (QED) is 0.389. The minimum atomic E-state index is -5.10. The average molecular weight is 464 g/mol. The van der Waals surface area contributed by atoms with Crippen LogP contribution < -0.4 is 0 Å². The van der Waals surface area contributed by atoms with Crippen LogP contribution in [0.5, 0.6) is 0 Å². The molecule has 0 radical (unpaired) electrons. The predicted octanol–water partition coefficient (Wildman–Crippen LogP) is 4.08. The van der Waals surface area contributed by atoms with Crippen molar-refractivity contribution < 1.29 is 37.4 Å². The van der Waals surface area contributed by atoms with Crippen LogP contribution in [0.1, 0.15) is 31.5 Å². The first-order chi connectivity index (χ1) is 14.1. The molecule has 0 unspecified atom stereocenters. The Balaban J connectivity index is 2.20. The zero-order valence-corrected chi connectivity index (χ0v) is 17.3. The van der Waals surface area contributed by atoms with Crippen molar-refractivity contribution in [1.82, 2.24) is 14.9 Å². The van der Waals surface area contributed by atoms with Crippen molar-refractivity contribution in [3.63, 3.8) is 0 Å². The van der Waals surface area contributed by atoms with Gasteiger partial charge < -0.3 is 19.8 Å². The zero-order chi connectivity index (χ0) is 23.4. The maximum absolute atomic E-state index is 14.3. The van der Waals surface area contributed by atoms with Crippen molar-refractivity contribution in [2.75, 3.05) is 0 Å². The van der Waals surface area contributed by atoms with E-state index in [9.17, 15) is 32.9 Å². The number of nitrogens with zero attached hydrogens (tertiary/aromatic N) is 3. The molecule has 0 fully saturated rings. The van der Waals surface area contributed by atoms with Gasteiger partial charge in [0.05, 0.1) is 34.4 Å². The van der Waals surface area contributed by atoms with Crippen LogP contribution in [0.4, 0.5) is 17.6 Å². The number of aromatic nitrogens is 3. The van der Waals surface area contributed by atoms with E-state index in [1.54, 1.807) is 0 Å². The highest BCUT2D eigenvalue weighted by molar-refractivity contribution is 6.33. The summed E-state index contributed by atoms with van der Waals surface area (Å²) in [4.78, 5) is 0. The van der Waals surface area contributed by atoms with Gasteiger partial charge in [-0.05, 0) is 32.9 Å². The van der Waals surface area contributed by atoms with Crippen LogP contribution in [0.25, 0.3) is 22.6 Å². The van der Waals surface area contributed by atoms with E-state index >= 15 is 0 Å². The molecule has 0 amide bonds. The molecule has 0 aliphatic carbocycles. The molecule has 1 aromatic carbocycles. The first-order valence-electron chi connectivity index (χ1n) is 8.87. The van der Waals surface area contributed by atoms with Crippen LogP contribution in [-0.2, 0) is 12.1 Å². The highest BCUT2D eigenvalue weighted by atomic mass is 35.5. The van der Waals surface area contributed by atoms with E-state index in [1.807, 2.05) is 0 Å². The van der Waals surface area contributed by atoms with Crippen molar-refractivity contribution in [1.29, 1.82) is 0 Å². The zero-order valence-electron chi connectivity index (χ0n) is 16.5. The van der Waals surface area contributed by atoms with Crippen LogP contribution in [0.2, 0.25) is 5.02 Å². The molecule has 3 rings (SSSR count). The number of aliphatic hydroxyl groups is 3. The van der Waals surface area contributed by atoms with Gasteiger partial charge in [0.25, 0.3) is 5.91 Å². The van der Waals surface area contributed by atoms with Crippen molar-refractivity contribution in [3.05, 3.63) is 46.5 Å². The van der Waals surface area contributed by atoms with Gasteiger partial charge in [0.2, 0.25) is 0 Å². The lowest BCUT2D eigenvalue weighted by atomic mass is 10.0. The largest absolute Gasteiger partial charge is 0.433 e. The fraction of sp³-hybridized carbons (Fsp3) is 0.368. The molecule has 0 aliphatic rings. The van der Waals surface area contributed by atoms with Crippen LogP contribution in [0.15, 0.2) is 28.9 Å². The standard InChI is InChI=1S/C19H18ClF4N3O4/c1-9-14(13-11(20)5-4-6-12(13)21)26-31-15(9)10-7-25-27(16(10)19(22,23)24)18(29,30)8-17(2,3)28/h4-7,28-30H,8H2,1-3H3. The summed E-state index contributed by atoms with van der Waals surface area (Å²) in [6, 6.07) is 3.85. The molecule has 2 heterocycles. The molecule has 3 N–H and O–H groups in total. The summed E-state index contributed by atoms with van der Waals surface area (Å²) in [5.41, 5.74) is -4.17. The van der Waals surface area contributed by atoms with Crippen LogP contribution in [0.3, 0.4) is 0 Å². The normalized spacial score (nSPS) is 13.1. The van der Waals surface area contributed by atoms with Gasteiger partial charge in [0.15, 0.2) is 11.5 Å². The Morgan fingerprint density at radius 2 is 1.81 bits per heavy atom. The second kappa shape index (κ2) is 7.59. The Kier molecular flexibility index (Phi) is 5.68. The molecule has 168 valence electrons. The second-order valence-corrected chi connectivity index (χ2v) is 8.07. The number of rotatable bonds is 5. The number of halogens is 5. The summed E-state index contributed by atoms with van der Waals surface area (Å²) in [6.07, 6.45) is -5.26. The smallest absolute Gasteiger partial charge is 0.390 e. The molecule has 7 nitrogen and oxygen atoms in total. The fourth-order valence-electron chi connectivity index (χ4n) is 3.26. The van der Waals surface area contributed by atoms with Gasteiger partial charge in [0, 0.05) is 5.56 Å². The Bertz CT molecular complexity index is 1100. The number of benzene rings is 1. The minimum Gasteiger partial charge on any atom is -0.390 e. The Morgan fingerprint density at radius 1 is 1.16 bits per heavy atom. The van der Waals surface area contributed by atoms with Crippen molar-refractivity contribution in [2.45, 2.75) is 44.9 Å². The molecule has 0 saturated carbocycles. The molecular formula is C19H18ClF4N3O4. The van der Waals surface area contributed by atoms with Gasteiger partial charge in [-0.3, -0.25) is 0 Å². The van der Waals surface area contributed by atoms with E-state index in [0.717, 1.165) is 6.07 Å². The fourth-order valence-corrected chi connectivity index (χ4v) is 3.51. The van der Waals surface area contributed by atoms with Crippen molar-refractivity contribution in [3.8, 4) is 22.6 Å². The molecule has 0 aliphatic heterocycles. The third-order valence-electron chi connectivity index (χ3n) is 4.41. The monoisotopic (exact) mass is 463 g/mol. The van der Waals surface area contributed by atoms with E-state index < -0.39 is 46.9 Å². The lowest BCUT2D eigenvalue weighted by Gasteiger charge is -2.30. The van der Waals surface area contributed by atoms with Gasteiger partial charge in [-0.15, -0.1) is 0 Å². The topological polar surface area (TPSA) is 105 Å². The van der Waals surface area contributed by atoms with Crippen molar-refractivity contribution >= 4 is 11.6 Å².